The molecular formula is C43H54Cl2Si3Zr-2. The van der Waals surface area contributed by atoms with Gasteiger partial charge in [-0.25, -0.2) is 0 Å². The van der Waals surface area contributed by atoms with Crippen molar-refractivity contribution in [2.24, 2.45) is 0 Å². The molecule has 6 aromatic carbocycles. The van der Waals surface area contributed by atoms with Crippen LogP contribution in [0.15, 0.2) is 109 Å². The molecular weight excluding hydrogens is 763 g/mol. The van der Waals surface area contributed by atoms with Gasteiger partial charge < -0.3 is 24.8 Å². The summed E-state index contributed by atoms with van der Waals surface area (Å²) in [6.45, 7) is 25.7. The molecule has 0 saturated carbocycles. The monoisotopic (exact) mass is 814 g/mol. The zero-order valence-electron chi connectivity index (χ0n) is 31.4. The molecule has 0 nitrogen and oxygen atoms in total. The van der Waals surface area contributed by atoms with Gasteiger partial charge >= 0.3 is 41.9 Å². The Bertz CT molecular complexity index is 1930. The summed E-state index contributed by atoms with van der Waals surface area (Å²) in [6, 6.07) is 41.0. The smallest absolute Gasteiger partial charge is 0.0775 e. The molecule has 0 amide bonds. The molecule has 6 heteroatoms. The fourth-order valence-electron chi connectivity index (χ4n) is 5.97. The Balaban J connectivity index is 0.000000298. The van der Waals surface area contributed by atoms with Crippen LogP contribution in [-0.2, 0) is 23.3 Å². The normalized spacial score (nSPS) is 11.8. The third kappa shape index (κ3) is 11.6. The topological polar surface area (TPSA) is 0 Å². The molecule has 0 aromatic heterocycles. The van der Waals surface area contributed by atoms with Gasteiger partial charge in [-0.1, -0.05) is 149 Å². The Morgan fingerprint density at radius 3 is 1.41 bits per heavy atom. The minimum Gasteiger partial charge on any atom is -1.00 e. The zero-order valence-corrected chi connectivity index (χ0v) is 38.4. The summed E-state index contributed by atoms with van der Waals surface area (Å²) in [7, 11) is -2.43. The van der Waals surface area contributed by atoms with E-state index in [9.17, 15) is 0 Å². The molecule has 0 aliphatic rings. The van der Waals surface area contributed by atoms with Crippen LogP contribution in [0, 0.1) is 6.92 Å². The second-order valence-corrected chi connectivity index (χ2v) is 34.9. The van der Waals surface area contributed by atoms with Crippen LogP contribution >= 0.6 is 0 Å². The fourth-order valence-corrected chi connectivity index (χ4v) is 8.30. The molecule has 258 valence electrons. The largest absolute Gasteiger partial charge is 1.00 e. The van der Waals surface area contributed by atoms with E-state index in [-0.39, 0.29) is 30.2 Å². The second-order valence-electron chi connectivity index (χ2n) is 15.4. The molecule has 0 fully saturated rings. The van der Waals surface area contributed by atoms with Crippen molar-refractivity contribution in [3.8, 4) is 22.3 Å². The summed E-state index contributed by atoms with van der Waals surface area (Å²) in [6.07, 6.45) is 1.19. The van der Waals surface area contributed by atoms with Gasteiger partial charge in [0, 0.05) is 0 Å². The van der Waals surface area contributed by atoms with Gasteiger partial charge in [0.2, 0.25) is 0 Å². The minimum absolute atomic E-state index is 0. The van der Waals surface area contributed by atoms with Crippen molar-refractivity contribution in [2.75, 3.05) is 0 Å². The van der Waals surface area contributed by atoms with Crippen molar-refractivity contribution in [1.29, 1.82) is 0 Å². The Morgan fingerprint density at radius 1 is 0.633 bits per heavy atom. The molecule has 0 N–H and O–H groups in total. The summed E-state index contributed by atoms with van der Waals surface area (Å²) >= 11 is 1.74. The fraction of sp³-hybridized carbons (Fsp3) is 0.302. The Morgan fingerprint density at radius 2 is 1.02 bits per heavy atom. The number of fused-ring (bicyclic) bond motifs is 2. The number of benzene rings is 4. The van der Waals surface area contributed by atoms with E-state index in [1.54, 1.807) is 23.3 Å². The Kier molecular flexibility index (Phi) is 16.5. The SMILES string of the molecule is CCC(C)c1cc2c(-c3ccc([Si](C)(C)C)cc3)cccc2[cH-]1.C[Si](C)=[Zr+2].Cc1cc2c(-c3ccc([Si](C)(C)C)cc3)cccc2[cH-]1.[Cl-].[Cl-]. The van der Waals surface area contributed by atoms with E-state index in [1.165, 1.54) is 71.7 Å². The molecule has 0 heterocycles. The van der Waals surface area contributed by atoms with Gasteiger partial charge in [-0.3, -0.25) is 0 Å². The zero-order chi connectivity index (χ0) is 34.5. The number of hydrogen-bond acceptors (Lipinski definition) is 0. The molecule has 0 radical (unpaired) electrons. The molecule has 6 rings (SSSR count). The quantitative estimate of drug-likeness (QED) is 0.140. The average Bonchev–Trinajstić information content (AvgIpc) is 3.63. The molecule has 0 spiro atoms. The van der Waals surface area contributed by atoms with Crippen molar-refractivity contribution in [3.63, 3.8) is 0 Å². The van der Waals surface area contributed by atoms with Crippen molar-refractivity contribution in [3.05, 3.63) is 120 Å². The van der Waals surface area contributed by atoms with Gasteiger partial charge in [-0.05, 0) is 17.0 Å². The van der Waals surface area contributed by atoms with Crippen LogP contribution in [-0.4, -0.2) is 21.6 Å². The number of rotatable bonds is 6. The minimum atomic E-state index is -1.23. The Labute approximate surface area is 327 Å². The maximum absolute atomic E-state index is 2.40. The van der Waals surface area contributed by atoms with E-state index in [0.29, 0.717) is 5.92 Å². The maximum Gasteiger partial charge on any atom is 0.0775 e. The summed E-state index contributed by atoms with van der Waals surface area (Å²) in [5.74, 6) is 0.629. The standard InChI is InChI=1S/C22H27Si.C19H21Si.C2H6Si.2ClH.Zr/c1-6-16(2)19-14-18-8-7-9-21(22(18)15-19)17-10-12-20(13-11-17)23(3,4)5;1-14-12-16-6-5-7-18(19(16)13-14)15-8-10-17(11-9-15)20(2,3)4;1-3-2;;;/h7-16H,6H2,1-5H3;5-13H,1-4H3;1-2H3;2*1H;/q2*-1;;;;+2/p-2. The van der Waals surface area contributed by atoms with Crippen LogP contribution in [0.1, 0.15) is 37.3 Å². The molecule has 1 atom stereocenters. The summed E-state index contributed by atoms with van der Waals surface area (Å²) < 4.78 is 0. The van der Waals surface area contributed by atoms with Crippen molar-refractivity contribution in [2.45, 2.75) is 85.5 Å². The van der Waals surface area contributed by atoms with Crippen molar-refractivity contribution < 1.29 is 48.1 Å². The van der Waals surface area contributed by atoms with E-state index in [2.05, 4.69) is 182 Å². The summed E-state index contributed by atoms with van der Waals surface area (Å²) in [5, 5.41) is 8.51. The predicted octanol–water partition coefficient (Wildman–Crippen LogP) is 6.16. The van der Waals surface area contributed by atoms with Crippen LogP contribution < -0.4 is 35.2 Å². The van der Waals surface area contributed by atoms with Gasteiger partial charge in [-0.15, -0.1) is 69.1 Å². The first-order chi connectivity index (χ1) is 22.1. The molecule has 49 heavy (non-hydrogen) atoms. The molecule has 0 bridgehead atoms. The maximum atomic E-state index is 2.40. The number of hydrogen-bond donors (Lipinski definition) is 0. The van der Waals surface area contributed by atoms with Crippen LogP contribution in [0.25, 0.3) is 43.8 Å². The van der Waals surface area contributed by atoms with E-state index in [0.717, 1.165) is 0 Å². The van der Waals surface area contributed by atoms with Gasteiger partial charge in [-0.2, -0.15) is 12.1 Å². The first-order valence-electron chi connectivity index (χ1n) is 17.2. The summed E-state index contributed by atoms with van der Waals surface area (Å²) in [4.78, 5) is 0. The van der Waals surface area contributed by atoms with Gasteiger partial charge in [0.15, 0.2) is 0 Å². The molecule has 0 saturated heterocycles. The summed E-state index contributed by atoms with van der Waals surface area (Å²) in [5.41, 5.74) is 8.38. The number of halogens is 2. The van der Waals surface area contributed by atoms with Gasteiger partial charge in [0.1, 0.15) is 0 Å². The van der Waals surface area contributed by atoms with E-state index < -0.39 is 16.1 Å². The van der Waals surface area contributed by atoms with Gasteiger partial charge in [0.25, 0.3) is 0 Å². The molecule has 0 aliphatic heterocycles. The first kappa shape index (κ1) is 43.4. The van der Waals surface area contributed by atoms with Crippen molar-refractivity contribution in [1.82, 2.24) is 0 Å². The third-order valence-electron chi connectivity index (χ3n) is 8.97. The van der Waals surface area contributed by atoms with E-state index in [1.807, 2.05) is 0 Å². The third-order valence-corrected chi connectivity index (χ3v) is 13.1. The Hall–Kier alpha value is -1.79. The van der Waals surface area contributed by atoms with Crippen molar-refractivity contribution >= 4 is 53.5 Å². The van der Waals surface area contributed by atoms with Crippen LogP contribution in [0.5, 0.6) is 0 Å². The predicted molar refractivity (Wildman–Crippen MR) is 217 cm³/mol. The van der Waals surface area contributed by atoms with E-state index in [4.69, 9.17) is 0 Å². The number of aryl methyl sites for hydroxylation is 1. The molecule has 0 aliphatic carbocycles. The second kappa shape index (κ2) is 18.6. The van der Waals surface area contributed by atoms with Crippen LogP contribution in [0.3, 0.4) is 0 Å². The average molecular weight is 817 g/mol. The first-order valence-corrected chi connectivity index (χ1v) is 30.4. The van der Waals surface area contributed by atoms with E-state index >= 15 is 0 Å². The molecule has 6 aromatic rings. The van der Waals surface area contributed by atoms with Crippen LogP contribution in [0.2, 0.25) is 52.4 Å². The van der Waals surface area contributed by atoms with Gasteiger partial charge in [0.05, 0.1) is 16.1 Å². The van der Waals surface area contributed by atoms with Crippen LogP contribution in [0.4, 0.5) is 0 Å². The molecule has 1 unspecified atom stereocenters.